The molecule has 0 bridgehead atoms. The van der Waals surface area contributed by atoms with Crippen molar-refractivity contribution in [3.05, 3.63) is 30.1 Å². The first-order valence-electron chi connectivity index (χ1n) is 6.07. The number of carbonyl (C=O) groups excluding carboxylic acids is 1. The average Bonchev–Trinajstić information content (AvgIpc) is 2.39. The lowest BCUT2D eigenvalue weighted by atomic mass is 10.1. The summed E-state index contributed by atoms with van der Waals surface area (Å²) >= 11 is 6.26. The highest BCUT2D eigenvalue weighted by Crippen LogP contribution is 2.24. The van der Waals surface area contributed by atoms with Gasteiger partial charge < -0.3 is 9.64 Å². The maximum absolute atomic E-state index is 11.3. The van der Waals surface area contributed by atoms with Crippen LogP contribution in [0.15, 0.2) is 24.5 Å². The Kier molecular flexibility index (Phi) is 6.50. The number of alkyl halides is 1. The zero-order valence-electron chi connectivity index (χ0n) is 10.8. The van der Waals surface area contributed by atoms with Crippen molar-refractivity contribution in [2.45, 2.75) is 25.1 Å². The molecule has 0 N–H and O–H groups in total. The minimum absolute atomic E-state index is 0.0608. The van der Waals surface area contributed by atoms with E-state index in [9.17, 15) is 4.79 Å². The van der Waals surface area contributed by atoms with Crippen molar-refractivity contribution in [1.29, 1.82) is 0 Å². The molecule has 1 aromatic rings. The van der Waals surface area contributed by atoms with Gasteiger partial charge in [-0.15, -0.1) is 11.6 Å². The Labute approximate surface area is 113 Å². The smallest absolute Gasteiger partial charge is 0.409 e. The number of aromatic nitrogens is 1. The van der Waals surface area contributed by atoms with Crippen LogP contribution in [0.25, 0.3) is 0 Å². The molecule has 1 unspecified atom stereocenters. The fourth-order valence-corrected chi connectivity index (χ4v) is 1.84. The van der Waals surface area contributed by atoms with Gasteiger partial charge in [-0.05, 0) is 31.4 Å². The third-order valence-corrected chi connectivity index (χ3v) is 3.05. The SMILES string of the molecule is CCOC(=O)N(C)CCCC(Cl)c1cccnc1. The monoisotopic (exact) mass is 270 g/mol. The topological polar surface area (TPSA) is 42.4 Å². The van der Waals surface area contributed by atoms with E-state index in [1.807, 2.05) is 12.1 Å². The minimum Gasteiger partial charge on any atom is -0.450 e. The van der Waals surface area contributed by atoms with Crippen LogP contribution in [0.3, 0.4) is 0 Å². The Balaban J connectivity index is 2.27. The molecular weight excluding hydrogens is 252 g/mol. The van der Waals surface area contributed by atoms with E-state index in [0.717, 1.165) is 18.4 Å². The lowest BCUT2D eigenvalue weighted by Crippen LogP contribution is -2.28. The van der Waals surface area contributed by atoms with Crippen LogP contribution < -0.4 is 0 Å². The van der Waals surface area contributed by atoms with Gasteiger partial charge in [-0.1, -0.05) is 6.07 Å². The maximum Gasteiger partial charge on any atom is 0.409 e. The Morgan fingerprint density at radius 3 is 3.00 bits per heavy atom. The lowest BCUT2D eigenvalue weighted by Gasteiger charge is -2.17. The summed E-state index contributed by atoms with van der Waals surface area (Å²) in [6.45, 7) is 2.84. The fraction of sp³-hybridized carbons (Fsp3) is 0.538. The molecule has 0 saturated carbocycles. The first-order chi connectivity index (χ1) is 8.65. The van der Waals surface area contributed by atoms with E-state index in [4.69, 9.17) is 16.3 Å². The third kappa shape index (κ3) is 4.92. The fourth-order valence-electron chi connectivity index (χ4n) is 1.56. The molecule has 0 aliphatic heterocycles. The van der Waals surface area contributed by atoms with Gasteiger partial charge in [-0.2, -0.15) is 0 Å². The molecular formula is C13H19ClN2O2. The number of halogens is 1. The van der Waals surface area contributed by atoms with Crippen molar-refractivity contribution < 1.29 is 9.53 Å². The van der Waals surface area contributed by atoms with Crippen LogP contribution in [0.5, 0.6) is 0 Å². The van der Waals surface area contributed by atoms with Crippen LogP contribution in [0, 0.1) is 0 Å². The second-order valence-electron chi connectivity index (χ2n) is 4.02. The first kappa shape index (κ1) is 14.8. The molecule has 0 radical (unpaired) electrons. The third-order valence-electron chi connectivity index (χ3n) is 2.58. The molecule has 0 saturated heterocycles. The largest absolute Gasteiger partial charge is 0.450 e. The number of amides is 1. The quantitative estimate of drug-likeness (QED) is 0.746. The van der Waals surface area contributed by atoms with Crippen LogP contribution in [0.4, 0.5) is 4.79 Å². The summed E-state index contributed by atoms with van der Waals surface area (Å²) in [5.41, 5.74) is 1.01. The van der Waals surface area contributed by atoms with E-state index in [1.165, 1.54) is 0 Å². The summed E-state index contributed by atoms with van der Waals surface area (Å²) in [6, 6.07) is 3.83. The van der Waals surface area contributed by atoms with Crippen LogP contribution in [-0.2, 0) is 4.74 Å². The normalized spacial score (nSPS) is 11.9. The van der Waals surface area contributed by atoms with E-state index in [-0.39, 0.29) is 11.5 Å². The molecule has 0 aliphatic carbocycles. The van der Waals surface area contributed by atoms with Crippen molar-refractivity contribution in [2.24, 2.45) is 0 Å². The highest BCUT2D eigenvalue weighted by molar-refractivity contribution is 6.20. The van der Waals surface area contributed by atoms with E-state index < -0.39 is 0 Å². The number of hydrogen-bond donors (Lipinski definition) is 0. The molecule has 1 aromatic heterocycles. The van der Waals surface area contributed by atoms with Gasteiger partial charge in [-0.25, -0.2) is 4.79 Å². The van der Waals surface area contributed by atoms with E-state index in [1.54, 1.807) is 31.3 Å². The van der Waals surface area contributed by atoms with Crippen molar-refractivity contribution in [1.82, 2.24) is 9.88 Å². The van der Waals surface area contributed by atoms with Gasteiger partial charge >= 0.3 is 6.09 Å². The van der Waals surface area contributed by atoms with Gasteiger partial charge in [0.25, 0.3) is 0 Å². The molecule has 100 valence electrons. The van der Waals surface area contributed by atoms with Crippen LogP contribution in [-0.4, -0.2) is 36.2 Å². The van der Waals surface area contributed by atoms with Gasteiger partial charge in [-0.3, -0.25) is 4.98 Å². The average molecular weight is 271 g/mol. The van der Waals surface area contributed by atoms with Crippen molar-refractivity contribution >= 4 is 17.7 Å². The Hall–Kier alpha value is -1.29. The summed E-state index contributed by atoms with van der Waals surface area (Å²) in [5, 5.41) is -0.0608. The molecule has 1 heterocycles. The molecule has 1 amide bonds. The highest BCUT2D eigenvalue weighted by atomic mass is 35.5. The van der Waals surface area contributed by atoms with Crippen LogP contribution in [0.1, 0.15) is 30.7 Å². The number of ether oxygens (including phenoxy) is 1. The second-order valence-corrected chi connectivity index (χ2v) is 4.54. The summed E-state index contributed by atoms with van der Waals surface area (Å²) in [5.74, 6) is 0. The molecule has 18 heavy (non-hydrogen) atoms. The predicted molar refractivity (Wildman–Crippen MR) is 71.7 cm³/mol. The number of rotatable bonds is 6. The Morgan fingerprint density at radius 1 is 1.61 bits per heavy atom. The highest BCUT2D eigenvalue weighted by Gasteiger charge is 2.11. The Bertz CT molecular complexity index is 359. The standard InChI is InChI=1S/C13H19ClN2O2/c1-3-18-13(17)16(2)9-5-7-12(14)11-6-4-8-15-10-11/h4,6,8,10,12H,3,5,7,9H2,1-2H3. The summed E-state index contributed by atoms with van der Waals surface area (Å²) in [6.07, 6.45) is 4.84. The minimum atomic E-state index is -0.287. The maximum atomic E-state index is 11.3. The van der Waals surface area contributed by atoms with E-state index in [0.29, 0.717) is 13.2 Å². The molecule has 1 rings (SSSR count). The van der Waals surface area contributed by atoms with Crippen LogP contribution in [0.2, 0.25) is 0 Å². The van der Waals surface area contributed by atoms with Gasteiger partial charge in [0.05, 0.1) is 12.0 Å². The number of pyridine rings is 1. The molecule has 4 nitrogen and oxygen atoms in total. The zero-order chi connectivity index (χ0) is 13.4. The number of nitrogens with zero attached hydrogens (tertiary/aromatic N) is 2. The van der Waals surface area contributed by atoms with Gasteiger partial charge in [0.2, 0.25) is 0 Å². The van der Waals surface area contributed by atoms with Gasteiger partial charge in [0.1, 0.15) is 0 Å². The summed E-state index contributed by atoms with van der Waals surface area (Å²) in [7, 11) is 1.73. The van der Waals surface area contributed by atoms with Crippen LogP contribution >= 0.6 is 11.6 Å². The van der Waals surface area contributed by atoms with E-state index in [2.05, 4.69) is 4.98 Å². The van der Waals surface area contributed by atoms with Gasteiger partial charge in [0, 0.05) is 26.0 Å². The molecule has 0 aliphatic rings. The van der Waals surface area contributed by atoms with Crippen molar-refractivity contribution in [3.8, 4) is 0 Å². The Morgan fingerprint density at radius 2 is 2.39 bits per heavy atom. The molecule has 0 fully saturated rings. The summed E-state index contributed by atoms with van der Waals surface area (Å²) < 4.78 is 4.89. The lowest BCUT2D eigenvalue weighted by molar-refractivity contribution is 0.115. The molecule has 0 spiro atoms. The van der Waals surface area contributed by atoms with Crippen molar-refractivity contribution in [3.63, 3.8) is 0 Å². The molecule has 0 aromatic carbocycles. The van der Waals surface area contributed by atoms with Gasteiger partial charge in [0.15, 0.2) is 0 Å². The zero-order valence-corrected chi connectivity index (χ0v) is 11.6. The molecule has 1 atom stereocenters. The summed E-state index contributed by atoms with van der Waals surface area (Å²) in [4.78, 5) is 16.9. The number of carbonyl (C=O) groups is 1. The second kappa shape index (κ2) is 7.93. The predicted octanol–water partition coefficient (Wildman–Crippen LogP) is 3.23. The number of hydrogen-bond acceptors (Lipinski definition) is 3. The first-order valence-corrected chi connectivity index (χ1v) is 6.50. The van der Waals surface area contributed by atoms with Crippen molar-refractivity contribution in [2.75, 3.05) is 20.2 Å². The van der Waals surface area contributed by atoms with E-state index >= 15 is 0 Å². The molecule has 5 heteroatoms.